The van der Waals surface area contributed by atoms with Crippen molar-refractivity contribution >= 4 is 0 Å². The molecule has 4 N–H and O–H groups in total. The maximum Gasteiger partial charge on any atom is 0.231 e. The fourth-order valence-corrected chi connectivity index (χ4v) is 2.76. The molecule has 0 aliphatic carbocycles. The minimum absolute atomic E-state index is 0.0924. The zero-order valence-corrected chi connectivity index (χ0v) is 18.5. The molecule has 3 aromatic carbocycles. The SMILES string of the molecule is C=CC.Oc1ccc(CNCCNCc2ccc3c(c2)OCO3)cc1O.c1ccccc1. The van der Waals surface area contributed by atoms with E-state index in [4.69, 9.17) is 9.47 Å². The first-order valence-electron chi connectivity index (χ1n) is 10.5. The Morgan fingerprint density at radius 2 is 1.28 bits per heavy atom. The van der Waals surface area contributed by atoms with Gasteiger partial charge in [0.15, 0.2) is 23.0 Å². The highest BCUT2D eigenvalue weighted by Gasteiger charge is 2.12. The van der Waals surface area contributed by atoms with Crippen molar-refractivity contribution in [2.24, 2.45) is 0 Å². The number of allylic oxidation sites excluding steroid dienone is 1. The Labute approximate surface area is 190 Å². The van der Waals surface area contributed by atoms with Gasteiger partial charge < -0.3 is 30.3 Å². The van der Waals surface area contributed by atoms with Gasteiger partial charge in [-0.3, -0.25) is 0 Å². The highest BCUT2D eigenvalue weighted by atomic mass is 16.7. The third-order valence-electron chi connectivity index (χ3n) is 4.28. The van der Waals surface area contributed by atoms with Crippen LogP contribution >= 0.6 is 0 Å². The molecule has 0 atom stereocenters. The van der Waals surface area contributed by atoms with Crippen LogP contribution in [0.1, 0.15) is 18.1 Å². The Bertz CT molecular complexity index is 906. The van der Waals surface area contributed by atoms with Crippen molar-refractivity contribution in [2.75, 3.05) is 19.9 Å². The Hall–Kier alpha value is -3.48. The predicted octanol–water partition coefficient (Wildman–Crippen LogP) is 4.58. The monoisotopic (exact) mass is 436 g/mol. The lowest BCUT2D eigenvalue weighted by molar-refractivity contribution is 0.174. The number of aromatic hydroxyl groups is 2. The lowest BCUT2D eigenvalue weighted by atomic mass is 10.2. The normalized spacial score (nSPS) is 10.9. The molecule has 4 rings (SSSR count). The van der Waals surface area contributed by atoms with Crippen LogP contribution in [-0.4, -0.2) is 30.1 Å². The largest absolute Gasteiger partial charge is 0.504 e. The molecule has 0 aromatic heterocycles. The number of rotatable bonds is 7. The maximum atomic E-state index is 9.42. The van der Waals surface area contributed by atoms with Crippen molar-refractivity contribution in [3.63, 3.8) is 0 Å². The van der Waals surface area contributed by atoms with Crippen molar-refractivity contribution in [3.8, 4) is 23.0 Å². The third-order valence-corrected chi connectivity index (χ3v) is 4.28. The van der Waals surface area contributed by atoms with Crippen LogP contribution in [0.4, 0.5) is 0 Å². The first kappa shape index (κ1) is 24.8. The molecule has 6 heteroatoms. The van der Waals surface area contributed by atoms with E-state index < -0.39 is 0 Å². The van der Waals surface area contributed by atoms with Crippen LogP contribution in [0.3, 0.4) is 0 Å². The lowest BCUT2D eigenvalue weighted by Crippen LogP contribution is -2.26. The van der Waals surface area contributed by atoms with E-state index in [1.54, 1.807) is 18.2 Å². The Morgan fingerprint density at radius 1 is 0.781 bits per heavy atom. The van der Waals surface area contributed by atoms with E-state index in [-0.39, 0.29) is 11.5 Å². The van der Waals surface area contributed by atoms with Crippen molar-refractivity contribution < 1.29 is 19.7 Å². The first-order valence-corrected chi connectivity index (χ1v) is 10.5. The van der Waals surface area contributed by atoms with Gasteiger partial charge in [0.05, 0.1) is 0 Å². The molecule has 3 aromatic rings. The van der Waals surface area contributed by atoms with Gasteiger partial charge in [0, 0.05) is 26.2 Å². The summed E-state index contributed by atoms with van der Waals surface area (Å²) in [6, 6.07) is 22.8. The van der Waals surface area contributed by atoms with Crippen molar-refractivity contribution in [1.29, 1.82) is 0 Å². The van der Waals surface area contributed by atoms with Crippen molar-refractivity contribution in [3.05, 3.63) is 96.6 Å². The molecule has 1 aliphatic heterocycles. The van der Waals surface area contributed by atoms with Crippen LogP contribution in [0.2, 0.25) is 0 Å². The fraction of sp³-hybridized carbons (Fsp3) is 0.231. The number of benzene rings is 3. The van der Waals surface area contributed by atoms with Crippen LogP contribution in [0.25, 0.3) is 0 Å². The average molecular weight is 437 g/mol. The molecule has 6 nitrogen and oxygen atoms in total. The van der Waals surface area contributed by atoms with Crippen molar-refractivity contribution in [2.45, 2.75) is 20.0 Å². The molecule has 0 saturated carbocycles. The number of ether oxygens (including phenoxy) is 2. The van der Waals surface area contributed by atoms with Crippen LogP contribution in [0, 0.1) is 0 Å². The molecule has 170 valence electrons. The van der Waals surface area contributed by atoms with Gasteiger partial charge in [0.25, 0.3) is 0 Å². The summed E-state index contributed by atoms with van der Waals surface area (Å²) in [5, 5.41) is 25.3. The van der Waals surface area contributed by atoms with E-state index in [2.05, 4.69) is 17.2 Å². The van der Waals surface area contributed by atoms with Crippen LogP contribution in [0.5, 0.6) is 23.0 Å². The van der Waals surface area contributed by atoms with Crippen LogP contribution in [-0.2, 0) is 13.1 Å². The summed E-state index contributed by atoms with van der Waals surface area (Å²) in [6.07, 6.45) is 1.75. The molecule has 0 unspecified atom stereocenters. The number of phenols is 2. The smallest absolute Gasteiger partial charge is 0.231 e. The van der Waals surface area contributed by atoms with Crippen LogP contribution < -0.4 is 20.1 Å². The molecule has 0 amide bonds. The summed E-state index contributed by atoms with van der Waals surface area (Å²) in [6.45, 7) is 8.56. The third kappa shape index (κ3) is 9.12. The van der Waals surface area contributed by atoms with E-state index in [1.165, 1.54) is 6.07 Å². The second-order valence-electron chi connectivity index (χ2n) is 6.93. The zero-order valence-electron chi connectivity index (χ0n) is 18.5. The van der Waals surface area contributed by atoms with Gasteiger partial charge >= 0.3 is 0 Å². The highest BCUT2D eigenvalue weighted by molar-refractivity contribution is 5.44. The quantitative estimate of drug-likeness (QED) is 0.246. The summed E-state index contributed by atoms with van der Waals surface area (Å²) >= 11 is 0. The van der Waals surface area contributed by atoms with E-state index in [0.717, 1.165) is 42.3 Å². The average Bonchev–Trinajstić information content (AvgIpc) is 3.28. The van der Waals surface area contributed by atoms with E-state index in [1.807, 2.05) is 61.5 Å². The van der Waals surface area contributed by atoms with Crippen molar-refractivity contribution in [1.82, 2.24) is 10.6 Å². The lowest BCUT2D eigenvalue weighted by Gasteiger charge is -2.08. The number of hydrogen-bond acceptors (Lipinski definition) is 6. The molecule has 0 spiro atoms. The number of hydrogen-bond donors (Lipinski definition) is 4. The summed E-state index contributed by atoms with van der Waals surface area (Å²) in [5.74, 6) is 1.41. The van der Waals surface area contributed by atoms with Gasteiger partial charge in [-0.2, -0.15) is 0 Å². The summed E-state index contributed by atoms with van der Waals surface area (Å²) in [7, 11) is 0. The second kappa shape index (κ2) is 14.5. The second-order valence-corrected chi connectivity index (χ2v) is 6.93. The topological polar surface area (TPSA) is 83.0 Å². The van der Waals surface area contributed by atoms with Gasteiger partial charge in [-0.15, -0.1) is 6.58 Å². The minimum atomic E-state index is -0.0980. The molecule has 0 radical (unpaired) electrons. The van der Waals surface area contributed by atoms with Gasteiger partial charge in [-0.25, -0.2) is 0 Å². The standard InChI is InChI=1S/C17H20N2O4.C6H6.C3H6/c20-14-3-1-12(7-15(14)21)9-18-5-6-19-10-13-2-4-16-17(8-13)23-11-22-16;1-2-4-6-5-3-1;1-3-2/h1-4,7-8,18-21H,5-6,9-11H2;1-6H;3H,1H2,2H3. The Kier molecular flexibility index (Phi) is 11.2. The maximum absolute atomic E-state index is 9.42. The Morgan fingerprint density at radius 3 is 1.84 bits per heavy atom. The molecular formula is C26H32N2O4. The zero-order chi connectivity index (χ0) is 23.0. The van der Waals surface area contributed by atoms with Gasteiger partial charge in [-0.05, 0) is 42.3 Å². The van der Waals surface area contributed by atoms with Crippen LogP contribution in [0.15, 0.2) is 85.5 Å². The molecule has 1 aliphatic rings. The van der Waals surface area contributed by atoms with E-state index in [9.17, 15) is 10.2 Å². The summed E-state index contributed by atoms with van der Waals surface area (Å²) in [5.41, 5.74) is 2.08. The number of fused-ring (bicyclic) bond motifs is 1. The first-order chi connectivity index (χ1) is 15.6. The molecule has 32 heavy (non-hydrogen) atoms. The molecule has 1 heterocycles. The van der Waals surface area contributed by atoms with E-state index in [0.29, 0.717) is 13.3 Å². The molecule has 0 bridgehead atoms. The number of nitrogens with one attached hydrogen (secondary N) is 2. The predicted molar refractivity (Wildman–Crippen MR) is 128 cm³/mol. The summed E-state index contributed by atoms with van der Waals surface area (Å²) in [4.78, 5) is 0. The molecular weight excluding hydrogens is 404 g/mol. The Balaban J connectivity index is 0.000000339. The summed E-state index contributed by atoms with van der Waals surface area (Å²) < 4.78 is 10.6. The highest BCUT2D eigenvalue weighted by Crippen LogP contribution is 2.32. The fourth-order valence-electron chi connectivity index (χ4n) is 2.76. The van der Waals surface area contributed by atoms with E-state index >= 15 is 0 Å². The minimum Gasteiger partial charge on any atom is -0.504 e. The van der Waals surface area contributed by atoms with Gasteiger partial charge in [0.2, 0.25) is 6.79 Å². The molecule has 0 fully saturated rings. The van der Waals surface area contributed by atoms with Gasteiger partial charge in [-0.1, -0.05) is 54.6 Å². The van der Waals surface area contributed by atoms with Gasteiger partial charge in [0.1, 0.15) is 0 Å². The number of phenolic OH excluding ortho intramolecular Hbond substituents is 2. The molecule has 0 saturated heterocycles.